The number of fused-ring (bicyclic) bond motifs is 1. The standard InChI is InChI=1S/C16H12F2N4O4S/c1-22-14(11-3-2-6-24-11)20-21-15(22)27-8-13(23)19-9-4-5-10-12(7-9)26-16(17,18)25-10/h2-7H,8H2,1H3,(H,19,23). The van der Waals surface area contributed by atoms with Crippen molar-refractivity contribution < 1.29 is 27.5 Å². The van der Waals surface area contributed by atoms with Crippen LogP contribution in [0.1, 0.15) is 0 Å². The Morgan fingerprint density at radius 2 is 2.07 bits per heavy atom. The zero-order valence-corrected chi connectivity index (χ0v) is 14.6. The zero-order valence-electron chi connectivity index (χ0n) is 13.8. The van der Waals surface area contributed by atoms with Crippen molar-refractivity contribution in [3.05, 3.63) is 36.6 Å². The van der Waals surface area contributed by atoms with Crippen LogP contribution in [-0.2, 0) is 11.8 Å². The summed E-state index contributed by atoms with van der Waals surface area (Å²) in [6.07, 6.45) is -2.16. The molecule has 8 nitrogen and oxygen atoms in total. The summed E-state index contributed by atoms with van der Waals surface area (Å²) in [5, 5.41) is 11.2. The minimum Gasteiger partial charge on any atom is -0.461 e. The molecule has 0 unspecified atom stereocenters. The topological polar surface area (TPSA) is 91.4 Å². The maximum absolute atomic E-state index is 13.0. The summed E-state index contributed by atoms with van der Waals surface area (Å²) in [5.74, 6) is 0.597. The van der Waals surface area contributed by atoms with E-state index in [1.165, 1.54) is 36.2 Å². The Morgan fingerprint density at radius 3 is 2.85 bits per heavy atom. The van der Waals surface area contributed by atoms with E-state index in [1.807, 2.05) is 0 Å². The molecule has 0 saturated carbocycles. The number of carbonyl (C=O) groups is 1. The van der Waals surface area contributed by atoms with Gasteiger partial charge in [-0.05, 0) is 24.3 Å². The molecule has 0 bridgehead atoms. The fourth-order valence-corrected chi connectivity index (χ4v) is 3.13. The number of nitrogens with one attached hydrogen (secondary N) is 1. The molecule has 1 aliphatic rings. The van der Waals surface area contributed by atoms with E-state index in [0.29, 0.717) is 22.4 Å². The van der Waals surface area contributed by atoms with Crippen LogP contribution >= 0.6 is 11.8 Å². The summed E-state index contributed by atoms with van der Waals surface area (Å²) in [5.41, 5.74) is 0.315. The summed E-state index contributed by atoms with van der Waals surface area (Å²) >= 11 is 1.18. The van der Waals surface area contributed by atoms with Gasteiger partial charge in [0.05, 0.1) is 12.0 Å². The highest BCUT2D eigenvalue weighted by molar-refractivity contribution is 7.99. The fraction of sp³-hybridized carbons (Fsp3) is 0.188. The number of anilines is 1. The average molecular weight is 394 g/mol. The molecule has 0 saturated heterocycles. The Hall–Kier alpha value is -3.08. The van der Waals surface area contributed by atoms with E-state index < -0.39 is 6.29 Å². The first-order valence-corrected chi connectivity index (χ1v) is 8.66. The molecule has 4 rings (SSSR count). The number of rotatable bonds is 5. The van der Waals surface area contributed by atoms with E-state index in [1.54, 1.807) is 23.7 Å². The van der Waals surface area contributed by atoms with Crippen molar-refractivity contribution in [3.63, 3.8) is 0 Å². The first-order valence-electron chi connectivity index (χ1n) is 7.67. The lowest BCUT2D eigenvalue weighted by atomic mass is 10.3. The second-order valence-electron chi connectivity index (χ2n) is 5.51. The molecule has 2 aromatic heterocycles. The van der Waals surface area contributed by atoms with Gasteiger partial charge in [0.2, 0.25) is 5.91 Å². The maximum atomic E-state index is 13.0. The number of amides is 1. The number of ether oxygens (including phenoxy) is 2. The monoisotopic (exact) mass is 394 g/mol. The first-order chi connectivity index (χ1) is 12.9. The van der Waals surface area contributed by atoms with Crippen molar-refractivity contribution in [1.29, 1.82) is 0 Å². The Kier molecular flexibility index (Phi) is 4.22. The Balaban J connectivity index is 1.37. The summed E-state index contributed by atoms with van der Waals surface area (Å²) < 4.78 is 41.7. The molecule has 0 radical (unpaired) electrons. The summed E-state index contributed by atoms with van der Waals surface area (Å²) in [4.78, 5) is 12.1. The molecule has 1 N–H and O–H groups in total. The predicted molar refractivity (Wildman–Crippen MR) is 90.7 cm³/mol. The van der Waals surface area contributed by atoms with Crippen molar-refractivity contribution in [2.75, 3.05) is 11.1 Å². The minimum absolute atomic E-state index is 0.0503. The Bertz CT molecular complexity index is 990. The van der Waals surface area contributed by atoms with E-state index in [2.05, 4.69) is 25.0 Å². The normalized spacial score (nSPS) is 14.3. The van der Waals surface area contributed by atoms with Crippen molar-refractivity contribution >= 4 is 23.4 Å². The molecule has 0 fully saturated rings. The van der Waals surface area contributed by atoms with E-state index in [9.17, 15) is 13.6 Å². The lowest BCUT2D eigenvalue weighted by molar-refractivity contribution is -0.286. The number of halogens is 2. The van der Waals surface area contributed by atoms with Crippen molar-refractivity contribution in [1.82, 2.24) is 14.8 Å². The Labute approximate surface area is 155 Å². The highest BCUT2D eigenvalue weighted by Crippen LogP contribution is 2.42. The van der Waals surface area contributed by atoms with Crippen molar-refractivity contribution in [2.24, 2.45) is 7.05 Å². The van der Waals surface area contributed by atoms with E-state index >= 15 is 0 Å². The third kappa shape index (κ3) is 3.58. The summed E-state index contributed by atoms with van der Waals surface area (Å²) in [6, 6.07) is 7.52. The molecule has 140 valence electrons. The molecule has 27 heavy (non-hydrogen) atoms. The quantitative estimate of drug-likeness (QED) is 0.665. The summed E-state index contributed by atoms with van der Waals surface area (Å²) in [6.45, 7) is 0. The second-order valence-corrected chi connectivity index (χ2v) is 6.45. The number of thioether (sulfide) groups is 1. The molecule has 1 amide bonds. The van der Waals surface area contributed by atoms with Gasteiger partial charge in [0, 0.05) is 18.8 Å². The zero-order chi connectivity index (χ0) is 19.0. The van der Waals surface area contributed by atoms with Gasteiger partial charge in [-0.1, -0.05) is 11.8 Å². The van der Waals surface area contributed by atoms with E-state index in [0.717, 1.165) is 0 Å². The van der Waals surface area contributed by atoms with Gasteiger partial charge >= 0.3 is 6.29 Å². The smallest absolute Gasteiger partial charge is 0.461 e. The van der Waals surface area contributed by atoms with Crippen molar-refractivity contribution in [3.8, 4) is 23.1 Å². The van der Waals surface area contributed by atoms with Crippen molar-refractivity contribution in [2.45, 2.75) is 11.5 Å². The van der Waals surface area contributed by atoms with Crippen LogP contribution < -0.4 is 14.8 Å². The molecular formula is C16H12F2N4O4S. The fourth-order valence-electron chi connectivity index (χ4n) is 2.41. The third-order valence-electron chi connectivity index (χ3n) is 3.59. The lowest BCUT2D eigenvalue weighted by Gasteiger charge is -2.06. The molecular weight excluding hydrogens is 382 g/mol. The predicted octanol–water partition coefficient (Wildman–Crippen LogP) is 3.13. The largest absolute Gasteiger partial charge is 0.586 e. The van der Waals surface area contributed by atoms with Crippen LogP contribution in [0.15, 0.2) is 46.2 Å². The van der Waals surface area contributed by atoms with E-state index in [4.69, 9.17) is 4.42 Å². The minimum atomic E-state index is -3.70. The molecule has 0 spiro atoms. The summed E-state index contributed by atoms with van der Waals surface area (Å²) in [7, 11) is 1.76. The number of hydrogen-bond acceptors (Lipinski definition) is 7. The molecule has 3 aromatic rings. The van der Waals surface area contributed by atoms with Gasteiger partial charge in [-0.15, -0.1) is 19.0 Å². The number of carbonyl (C=O) groups excluding carboxylic acids is 1. The van der Waals surface area contributed by atoms with Gasteiger partial charge in [0.1, 0.15) is 0 Å². The van der Waals surface area contributed by atoms with Crippen LogP contribution in [0.3, 0.4) is 0 Å². The number of furan rings is 1. The van der Waals surface area contributed by atoms with Crippen LogP contribution in [0.25, 0.3) is 11.6 Å². The third-order valence-corrected chi connectivity index (χ3v) is 4.61. The van der Waals surface area contributed by atoms with Gasteiger partial charge in [-0.25, -0.2) is 0 Å². The molecule has 0 atom stereocenters. The van der Waals surface area contributed by atoms with Gasteiger partial charge in [0.25, 0.3) is 0 Å². The van der Waals surface area contributed by atoms with Gasteiger partial charge < -0.3 is 23.8 Å². The first kappa shape index (κ1) is 17.3. The SMILES string of the molecule is Cn1c(SCC(=O)Nc2ccc3c(c2)OC(F)(F)O3)nnc1-c1ccco1. The van der Waals surface area contributed by atoms with Gasteiger partial charge in [0.15, 0.2) is 28.2 Å². The average Bonchev–Trinajstić information content (AvgIpc) is 3.30. The van der Waals surface area contributed by atoms with Crippen LogP contribution in [-0.4, -0.2) is 32.7 Å². The van der Waals surface area contributed by atoms with Crippen LogP contribution in [0.2, 0.25) is 0 Å². The van der Waals surface area contributed by atoms with Gasteiger partial charge in [-0.3, -0.25) is 4.79 Å². The second kappa shape index (κ2) is 6.58. The molecule has 11 heteroatoms. The highest BCUT2D eigenvalue weighted by Gasteiger charge is 2.43. The van der Waals surface area contributed by atoms with Crippen LogP contribution in [0.5, 0.6) is 11.5 Å². The molecule has 0 aliphatic carbocycles. The number of aromatic nitrogens is 3. The number of alkyl halides is 2. The molecule has 1 aliphatic heterocycles. The molecule has 3 heterocycles. The van der Waals surface area contributed by atoms with Crippen LogP contribution in [0.4, 0.5) is 14.5 Å². The van der Waals surface area contributed by atoms with Crippen LogP contribution in [0, 0.1) is 0 Å². The number of benzene rings is 1. The maximum Gasteiger partial charge on any atom is 0.586 e. The van der Waals surface area contributed by atoms with E-state index in [-0.39, 0.29) is 23.2 Å². The molecule has 1 aromatic carbocycles. The number of hydrogen-bond donors (Lipinski definition) is 1. The van der Waals surface area contributed by atoms with Gasteiger partial charge in [-0.2, -0.15) is 0 Å². The number of nitrogens with zero attached hydrogens (tertiary/aromatic N) is 3. The highest BCUT2D eigenvalue weighted by atomic mass is 32.2. The Morgan fingerprint density at radius 1 is 1.26 bits per heavy atom. The lowest BCUT2D eigenvalue weighted by Crippen LogP contribution is -2.25.